The topological polar surface area (TPSA) is 89.9 Å². The van der Waals surface area contributed by atoms with Crippen LogP contribution in [0.4, 0.5) is 0 Å². The van der Waals surface area contributed by atoms with Gasteiger partial charge in [-0.25, -0.2) is 4.98 Å². The summed E-state index contributed by atoms with van der Waals surface area (Å²) >= 11 is 12.2. The fraction of sp³-hybridized carbons (Fsp3) is 0.389. The van der Waals surface area contributed by atoms with E-state index in [0.717, 1.165) is 12.8 Å². The van der Waals surface area contributed by atoms with Gasteiger partial charge < -0.3 is 9.42 Å². The Morgan fingerprint density at radius 3 is 2.75 bits per heavy atom. The molecule has 0 aliphatic carbocycles. The van der Waals surface area contributed by atoms with Crippen molar-refractivity contribution in [3.05, 3.63) is 46.3 Å². The number of aromatic nitrogens is 5. The molecule has 0 atom stereocenters. The predicted octanol–water partition coefficient (Wildman–Crippen LogP) is 3.12. The Morgan fingerprint density at radius 2 is 2.07 bits per heavy atom. The van der Waals surface area contributed by atoms with E-state index in [1.807, 2.05) is 4.90 Å². The van der Waals surface area contributed by atoms with Gasteiger partial charge in [-0.3, -0.25) is 9.48 Å². The van der Waals surface area contributed by atoms with Crippen LogP contribution < -0.4 is 0 Å². The molecule has 0 saturated carbocycles. The van der Waals surface area contributed by atoms with Gasteiger partial charge in [0.15, 0.2) is 0 Å². The van der Waals surface area contributed by atoms with E-state index < -0.39 is 0 Å². The van der Waals surface area contributed by atoms with Gasteiger partial charge in [0, 0.05) is 36.6 Å². The van der Waals surface area contributed by atoms with Crippen molar-refractivity contribution in [1.29, 1.82) is 0 Å². The maximum Gasteiger partial charge on any atom is 0.230 e. The predicted molar refractivity (Wildman–Crippen MR) is 103 cm³/mol. The van der Waals surface area contributed by atoms with Crippen molar-refractivity contribution in [1.82, 2.24) is 29.8 Å². The average molecular weight is 421 g/mol. The Labute approximate surface area is 171 Å². The van der Waals surface area contributed by atoms with Gasteiger partial charge in [-0.15, -0.1) is 0 Å². The number of likely N-dealkylation sites (tertiary alicyclic amines) is 1. The largest absolute Gasteiger partial charge is 0.342 e. The monoisotopic (exact) mass is 420 g/mol. The summed E-state index contributed by atoms with van der Waals surface area (Å²) in [7, 11) is 1.78. The van der Waals surface area contributed by atoms with E-state index in [2.05, 4.69) is 20.2 Å². The lowest BCUT2D eigenvalue weighted by Crippen LogP contribution is -2.39. The highest BCUT2D eigenvalue weighted by Crippen LogP contribution is 2.32. The normalized spacial score (nSPS) is 15.2. The number of carbonyl (C=O) groups excluding carboxylic acids is 1. The second kappa shape index (κ2) is 7.89. The van der Waals surface area contributed by atoms with Gasteiger partial charge in [0.25, 0.3) is 0 Å². The van der Waals surface area contributed by atoms with Gasteiger partial charge in [0.1, 0.15) is 12.2 Å². The van der Waals surface area contributed by atoms with Crippen LogP contribution in [0.25, 0.3) is 11.4 Å². The molecule has 0 unspecified atom stereocenters. The Kier molecular flexibility index (Phi) is 5.32. The third-order valence-corrected chi connectivity index (χ3v) is 5.47. The molecule has 28 heavy (non-hydrogen) atoms. The van der Waals surface area contributed by atoms with Crippen LogP contribution in [-0.4, -0.2) is 48.8 Å². The number of carbonyl (C=O) groups is 1. The third kappa shape index (κ3) is 3.88. The van der Waals surface area contributed by atoms with Crippen LogP contribution in [-0.2, 0) is 18.3 Å². The van der Waals surface area contributed by atoms with Gasteiger partial charge in [-0.2, -0.15) is 10.1 Å². The van der Waals surface area contributed by atoms with Crippen LogP contribution >= 0.6 is 23.2 Å². The molecule has 1 aliphatic heterocycles. The Balaban J connectivity index is 1.38. The zero-order valence-electron chi connectivity index (χ0n) is 15.2. The van der Waals surface area contributed by atoms with Crippen LogP contribution in [0.5, 0.6) is 0 Å². The fourth-order valence-electron chi connectivity index (χ4n) is 3.28. The fourth-order valence-corrected chi connectivity index (χ4v) is 3.78. The quantitative estimate of drug-likeness (QED) is 0.643. The summed E-state index contributed by atoms with van der Waals surface area (Å²) in [6, 6.07) is 5.16. The van der Waals surface area contributed by atoms with Gasteiger partial charge in [-0.05, 0) is 31.0 Å². The van der Waals surface area contributed by atoms with Crippen molar-refractivity contribution in [3.63, 3.8) is 0 Å². The van der Waals surface area contributed by atoms with Crippen molar-refractivity contribution in [2.24, 2.45) is 7.05 Å². The minimum absolute atomic E-state index is 0.0497. The van der Waals surface area contributed by atoms with Crippen LogP contribution in [0.1, 0.15) is 30.5 Å². The Morgan fingerprint density at radius 1 is 1.29 bits per heavy atom. The zero-order valence-corrected chi connectivity index (χ0v) is 16.7. The molecule has 1 amide bonds. The van der Waals surface area contributed by atoms with Crippen LogP contribution in [0, 0.1) is 0 Å². The lowest BCUT2D eigenvalue weighted by atomic mass is 9.96. The third-order valence-electron chi connectivity index (χ3n) is 4.93. The second-order valence-corrected chi connectivity index (χ2v) is 7.56. The lowest BCUT2D eigenvalue weighted by molar-refractivity contribution is -0.131. The Hall–Kier alpha value is -2.45. The van der Waals surface area contributed by atoms with E-state index >= 15 is 0 Å². The molecule has 0 bridgehead atoms. The molecule has 10 heteroatoms. The van der Waals surface area contributed by atoms with E-state index in [1.165, 1.54) is 6.33 Å². The number of amides is 1. The molecular formula is C18H18Cl2N6O2. The molecule has 1 aromatic carbocycles. The first-order valence-corrected chi connectivity index (χ1v) is 9.66. The molecule has 3 aromatic rings. The number of rotatable bonds is 4. The number of piperidine rings is 1. The number of nitrogens with zero attached hydrogens (tertiary/aromatic N) is 6. The van der Waals surface area contributed by atoms with E-state index in [4.69, 9.17) is 27.7 Å². The molecule has 1 fully saturated rings. The minimum atomic E-state index is 0.0497. The summed E-state index contributed by atoms with van der Waals surface area (Å²) in [5.74, 6) is 1.84. The van der Waals surface area contributed by atoms with E-state index in [1.54, 1.807) is 29.9 Å². The van der Waals surface area contributed by atoms with E-state index in [9.17, 15) is 4.79 Å². The molecule has 8 nitrogen and oxygen atoms in total. The maximum atomic E-state index is 12.5. The van der Waals surface area contributed by atoms with Gasteiger partial charge in [0.05, 0.1) is 11.4 Å². The molecule has 0 radical (unpaired) electrons. The average Bonchev–Trinajstić information content (AvgIpc) is 3.32. The Bertz CT molecular complexity index is 994. The molecule has 3 heterocycles. The molecule has 0 N–H and O–H groups in total. The summed E-state index contributed by atoms with van der Waals surface area (Å²) in [6.45, 7) is 1.28. The first-order chi connectivity index (χ1) is 13.5. The smallest absolute Gasteiger partial charge is 0.230 e. The summed E-state index contributed by atoms with van der Waals surface area (Å²) in [5.41, 5.74) is 0.678. The van der Waals surface area contributed by atoms with Crippen molar-refractivity contribution < 1.29 is 9.32 Å². The van der Waals surface area contributed by atoms with Gasteiger partial charge >= 0.3 is 0 Å². The lowest BCUT2D eigenvalue weighted by Gasteiger charge is -2.30. The molecule has 2 aromatic heterocycles. The highest BCUT2D eigenvalue weighted by molar-refractivity contribution is 6.36. The van der Waals surface area contributed by atoms with Crippen molar-refractivity contribution in [2.45, 2.75) is 25.2 Å². The molecule has 0 spiro atoms. The summed E-state index contributed by atoms with van der Waals surface area (Å²) in [4.78, 5) is 22.9. The SMILES string of the molecule is Cn1ncnc1CC(=O)N1CCC(c2nc(-c3ccc(Cl)cc3Cl)no2)CC1. The van der Waals surface area contributed by atoms with Crippen LogP contribution in [0.3, 0.4) is 0 Å². The van der Waals surface area contributed by atoms with Crippen molar-refractivity contribution in [3.8, 4) is 11.4 Å². The summed E-state index contributed by atoms with van der Waals surface area (Å²) in [5, 5.41) is 9.08. The first kappa shape index (κ1) is 18.9. The van der Waals surface area contributed by atoms with Crippen LogP contribution in [0.2, 0.25) is 10.0 Å². The standard InChI is InChI=1S/C18H18Cl2N6O2/c1-25-15(21-10-22-25)9-16(27)26-6-4-11(5-7-26)18-23-17(24-28-18)13-3-2-12(19)8-14(13)20/h2-3,8,10-11H,4-7,9H2,1H3. The number of hydrogen-bond donors (Lipinski definition) is 0. The molecular weight excluding hydrogens is 403 g/mol. The second-order valence-electron chi connectivity index (χ2n) is 6.71. The number of aryl methyl sites for hydroxylation is 1. The minimum Gasteiger partial charge on any atom is -0.342 e. The van der Waals surface area contributed by atoms with Gasteiger partial charge in [0.2, 0.25) is 17.6 Å². The molecule has 146 valence electrons. The van der Waals surface area contributed by atoms with E-state index in [0.29, 0.717) is 46.2 Å². The van der Waals surface area contributed by atoms with E-state index in [-0.39, 0.29) is 18.2 Å². The summed E-state index contributed by atoms with van der Waals surface area (Å²) < 4.78 is 7.08. The van der Waals surface area contributed by atoms with Gasteiger partial charge in [-0.1, -0.05) is 28.4 Å². The van der Waals surface area contributed by atoms with Crippen molar-refractivity contribution >= 4 is 29.1 Å². The molecule has 4 rings (SSSR count). The first-order valence-electron chi connectivity index (χ1n) is 8.91. The number of hydrogen-bond acceptors (Lipinski definition) is 6. The molecule has 1 aliphatic rings. The number of benzene rings is 1. The highest BCUT2D eigenvalue weighted by Gasteiger charge is 2.28. The number of halogens is 2. The highest BCUT2D eigenvalue weighted by atomic mass is 35.5. The molecule has 1 saturated heterocycles. The zero-order chi connectivity index (χ0) is 19.7. The maximum absolute atomic E-state index is 12.5. The summed E-state index contributed by atoms with van der Waals surface area (Å²) in [6.07, 6.45) is 3.23. The van der Waals surface area contributed by atoms with Crippen LogP contribution in [0.15, 0.2) is 29.0 Å². The van der Waals surface area contributed by atoms with Crippen molar-refractivity contribution in [2.75, 3.05) is 13.1 Å².